The number of thioether (sulfide) groups is 1. The van der Waals surface area contributed by atoms with E-state index in [9.17, 15) is 14.7 Å². The quantitative estimate of drug-likeness (QED) is 0.315. The number of hydrogen-bond donors (Lipinski definition) is 2. The molecule has 1 atom stereocenters. The van der Waals surface area contributed by atoms with E-state index in [0.717, 1.165) is 17.3 Å². The molecule has 1 unspecified atom stereocenters. The maximum absolute atomic E-state index is 13.2. The van der Waals surface area contributed by atoms with Crippen molar-refractivity contribution in [2.75, 3.05) is 18.4 Å². The fourth-order valence-corrected chi connectivity index (χ4v) is 4.53. The second kappa shape index (κ2) is 9.47. The molecule has 3 aromatic rings. The highest BCUT2D eigenvalue weighted by molar-refractivity contribution is 8.26. The lowest BCUT2D eigenvalue weighted by Gasteiger charge is -2.15. The minimum Gasteiger partial charge on any atom is -0.387 e. The first kappa shape index (κ1) is 21.9. The number of nitrogens with zero attached hydrogens (tertiary/aromatic N) is 3. The largest absolute Gasteiger partial charge is 0.387 e. The molecule has 32 heavy (non-hydrogen) atoms. The molecule has 1 saturated heterocycles. The van der Waals surface area contributed by atoms with Crippen LogP contribution in [-0.4, -0.2) is 42.7 Å². The molecule has 4 rings (SSSR count). The van der Waals surface area contributed by atoms with Gasteiger partial charge in [-0.25, -0.2) is 4.98 Å². The van der Waals surface area contributed by atoms with Crippen LogP contribution in [0.1, 0.15) is 17.2 Å². The number of aliphatic hydroxyl groups excluding tert-OH is 1. The highest BCUT2D eigenvalue weighted by Gasteiger charge is 2.31. The number of amides is 1. The van der Waals surface area contributed by atoms with E-state index in [4.69, 9.17) is 12.2 Å². The van der Waals surface area contributed by atoms with Gasteiger partial charge in [0.15, 0.2) is 0 Å². The number of carbonyl (C=O) groups is 1. The van der Waals surface area contributed by atoms with Crippen molar-refractivity contribution >= 4 is 51.7 Å². The average Bonchev–Trinajstić information content (AvgIpc) is 3.08. The topological polar surface area (TPSA) is 86.9 Å². The minimum absolute atomic E-state index is 0.137. The van der Waals surface area contributed by atoms with Gasteiger partial charge in [0, 0.05) is 19.3 Å². The lowest BCUT2D eigenvalue weighted by Crippen LogP contribution is -2.28. The number of rotatable bonds is 7. The van der Waals surface area contributed by atoms with Crippen LogP contribution in [0.4, 0.5) is 5.82 Å². The van der Waals surface area contributed by atoms with Gasteiger partial charge >= 0.3 is 0 Å². The van der Waals surface area contributed by atoms with Crippen molar-refractivity contribution in [3.63, 3.8) is 0 Å². The van der Waals surface area contributed by atoms with Gasteiger partial charge in [0.25, 0.3) is 11.5 Å². The van der Waals surface area contributed by atoms with Gasteiger partial charge in [-0.15, -0.1) is 6.58 Å². The summed E-state index contributed by atoms with van der Waals surface area (Å²) in [5, 5.41) is 13.6. The summed E-state index contributed by atoms with van der Waals surface area (Å²) in [6.45, 7) is 4.08. The summed E-state index contributed by atoms with van der Waals surface area (Å²) < 4.78 is 1.82. The molecular formula is C23H20N4O3S2. The molecule has 0 saturated carbocycles. The van der Waals surface area contributed by atoms with Crippen LogP contribution >= 0.6 is 24.0 Å². The van der Waals surface area contributed by atoms with Gasteiger partial charge in [0.05, 0.1) is 16.6 Å². The number of anilines is 1. The van der Waals surface area contributed by atoms with Crippen molar-refractivity contribution in [1.82, 2.24) is 14.3 Å². The Morgan fingerprint density at radius 3 is 2.69 bits per heavy atom. The Hall–Kier alpha value is -3.27. The van der Waals surface area contributed by atoms with Crippen LogP contribution in [0.3, 0.4) is 0 Å². The number of pyridine rings is 1. The number of carbonyl (C=O) groups excluding carboxylic acids is 1. The number of fused-ring (bicyclic) bond motifs is 1. The van der Waals surface area contributed by atoms with Gasteiger partial charge in [0.1, 0.15) is 15.8 Å². The maximum atomic E-state index is 13.2. The lowest BCUT2D eigenvalue weighted by atomic mass is 10.1. The molecule has 7 nitrogen and oxygen atoms in total. The fourth-order valence-electron chi connectivity index (χ4n) is 3.27. The van der Waals surface area contributed by atoms with E-state index in [1.165, 1.54) is 15.4 Å². The van der Waals surface area contributed by atoms with Gasteiger partial charge in [-0.05, 0) is 23.8 Å². The minimum atomic E-state index is -0.800. The van der Waals surface area contributed by atoms with Gasteiger partial charge in [0.2, 0.25) is 0 Å². The zero-order chi connectivity index (χ0) is 22.7. The molecule has 1 aliphatic rings. The standard InChI is InChI=1S/C23H20N4O3S2/c1-2-11-27-22(30)18(32-23(27)31)13-16-20(24-14-17(28)15-8-4-3-5-9-15)25-19-10-6-7-12-26(19)21(16)29/h2-10,12-13,17,24,28H,1,11,14H2/b18-13-. The molecule has 1 aromatic carbocycles. The van der Waals surface area contributed by atoms with Crippen molar-refractivity contribution < 1.29 is 9.90 Å². The monoisotopic (exact) mass is 464 g/mol. The first-order valence-corrected chi connectivity index (χ1v) is 11.1. The number of hydrogen-bond acceptors (Lipinski definition) is 7. The third-order valence-electron chi connectivity index (χ3n) is 4.88. The van der Waals surface area contributed by atoms with Crippen molar-refractivity contribution in [2.45, 2.75) is 6.10 Å². The fraction of sp³-hybridized carbons (Fsp3) is 0.130. The molecule has 162 valence electrons. The van der Waals surface area contributed by atoms with Crippen molar-refractivity contribution in [3.05, 3.63) is 93.8 Å². The molecule has 0 aliphatic carbocycles. The summed E-state index contributed by atoms with van der Waals surface area (Å²) in [7, 11) is 0. The Bertz CT molecular complexity index is 1290. The van der Waals surface area contributed by atoms with Crippen molar-refractivity contribution in [1.29, 1.82) is 0 Å². The molecular weight excluding hydrogens is 444 g/mol. The summed E-state index contributed by atoms with van der Waals surface area (Å²) in [6, 6.07) is 14.4. The van der Waals surface area contributed by atoms with Crippen LogP contribution in [0.5, 0.6) is 0 Å². The van der Waals surface area contributed by atoms with Gasteiger partial charge in [-0.3, -0.25) is 18.9 Å². The Morgan fingerprint density at radius 2 is 1.94 bits per heavy atom. The van der Waals surface area contributed by atoms with Crippen LogP contribution in [0.2, 0.25) is 0 Å². The van der Waals surface area contributed by atoms with Gasteiger partial charge in [-0.1, -0.05) is 66.5 Å². The SMILES string of the molecule is C=CCN1C(=O)/C(=C/c2c(NCC(O)c3ccccc3)nc3ccccn3c2=O)SC1=S. The summed E-state index contributed by atoms with van der Waals surface area (Å²) >= 11 is 6.42. The van der Waals surface area contributed by atoms with E-state index < -0.39 is 6.10 Å². The molecule has 1 amide bonds. The van der Waals surface area contributed by atoms with E-state index in [2.05, 4.69) is 16.9 Å². The smallest absolute Gasteiger partial charge is 0.267 e. The Kier molecular flexibility index (Phi) is 6.50. The summed E-state index contributed by atoms with van der Waals surface area (Å²) in [4.78, 5) is 32.3. The first-order valence-electron chi connectivity index (χ1n) is 9.84. The molecule has 2 aromatic heterocycles. The predicted molar refractivity (Wildman–Crippen MR) is 131 cm³/mol. The second-order valence-electron chi connectivity index (χ2n) is 7.00. The number of thiocarbonyl (C=S) groups is 1. The number of aromatic nitrogens is 2. The molecule has 1 aliphatic heterocycles. The summed E-state index contributed by atoms with van der Waals surface area (Å²) in [5.74, 6) is -0.00195. The van der Waals surface area contributed by atoms with Crippen molar-refractivity contribution in [3.8, 4) is 0 Å². The zero-order valence-electron chi connectivity index (χ0n) is 17.0. The van der Waals surface area contributed by atoms with Gasteiger partial charge in [-0.2, -0.15) is 0 Å². The molecule has 1 fully saturated rings. The molecule has 0 radical (unpaired) electrons. The first-order chi connectivity index (χ1) is 15.5. The van der Waals surface area contributed by atoms with Crippen LogP contribution in [-0.2, 0) is 4.79 Å². The molecule has 0 bridgehead atoms. The molecule has 9 heteroatoms. The lowest BCUT2D eigenvalue weighted by molar-refractivity contribution is -0.121. The third kappa shape index (κ3) is 4.36. The van der Waals surface area contributed by atoms with Crippen LogP contribution in [0.15, 0.2) is 77.1 Å². The van der Waals surface area contributed by atoms with E-state index >= 15 is 0 Å². The molecule has 3 heterocycles. The average molecular weight is 465 g/mol. The highest BCUT2D eigenvalue weighted by atomic mass is 32.2. The van der Waals surface area contributed by atoms with Crippen LogP contribution < -0.4 is 10.9 Å². The van der Waals surface area contributed by atoms with Crippen molar-refractivity contribution in [2.24, 2.45) is 0 Å². The number of nitrogens with one attached hydrogen (secondary N) is 1. The van der Waals surface area contributed by atoms with E-state index in [-0.39, 0.29) is 29.4 Å². The molecule has 2 N–H and O–H groups in total. The summed E-state index contributed by atoms with van der Waals surface area (Å²) in [6.07, 6.45) is 3.92. The molecule has 0 spiro atoms. The van der Waals surface area contributed by atoms with E-state index in [1.807, 2.05) is 30.3 Å². The van der Waals surface area contributed by atoms with Gasteiger partial charge < -0.3 is 10.4 Å². The zero-order valence-corrected chi connectivity index (χ0v) is 18.6. The van der Waals surface area contributed by atoms with E-state index in [0.29, 0.717) is 21.4 Å². The Labute approximate surface area is 194 Å². The Morgan fingerprint density at radius 1 is 1.19 bits per heavy atom. The van der Waals surface area contributed by atoms with Crippen LogP contribution in [0, 0.1) is 0 Å². The normalized spacial score (nSPS) is 16.0. The summed E-state index contributed by atoms with van der Waals surface area (Å²) in [5.41, 5.74) is 1.07. The van der Waals surface area contributed by atoms with Crippen LogP contribution in [0.25, 0.3) is 11.7 Å². The maximum Gasteiger partial charge on any atom is 0.267 e. The number of aliphatic hydroxyl groups is 1. The number of benzene rings is 1. The third-order valence-corrected chi connectivity index (χ3v) is 6.25. The highest BCUT2D eigenvalue weighted by Crippen LogP contribution is 2.33. The Balaban J connectivity index is 1.73. The second-order valence-corrected chi connectivity index (χ2v) is 8.67. The van der Waals surface area contributed by atoms with E-state index in [1.54, 1.807) is 30.5 Å². The predicted octanol–water partition coefficient (Wildman–Crippen LogP) is 3.23.